The number of carbonyl (C=O) groups excluding carboxylic acids is 1. The van der Waals surface area contributed by atoms with Crippen molar-refractivity contribution >= 4 is 40.7 Å². The highest BCUT2D eigenvalue weighted by Gasteiger charge is 2.55. The molecule has 1 aliphatic heterocycles. The fraction of sp³-hybridized carbons (Fsp3) is 0.333. The molecular weight excluding hydrogens is 481 g/mol. The summed E-state index contributed by atoms with van der Waals surface area (Å²) in [4.78, 5) is 11.7. The van der Waals surface area contributed by atoms with Crippen molar-refractivity contribution in [1.82, 2.24) is 0 Å². The third-order valence-corrected chi connectivity index (χ3v) is 5.19. The standard InChI is InChI=1S/C21H23BrNO3.BF4/c1-13-11-18(22)12-14(2)19(13)23-15(3)21(5,25-16(4)24)26-20(23)17-9-7-6-8-10-17;2-1(3,4)5/h6-12,15H,1-5H3;/q+1;-1. The average molecular weight is 504 g/mol. The van der Waals surface area contributed by atoms with Crippen LogP contribution in [0.15, 0.2) is 46.9 Å². The lowest BCUT2D eigenvalue weighted by atomic mass is 10.0. The first-order valence-corrected chi connectivity index (χ1v) is 10.3. The van der Waals surface area contributed by atoms with Gasteiger partial charge >= 0.3 is 24.9 Å². The summed E-state index contributed by atoms with van der Waals surface area (Å²) in [6, 6.07) is 13.9. The number of nitrogens with zero attached hydrogens (tertiary/aromatic N) is 1. The molecule has 0 N–H and O–H groups in total. The van der Waals surface area contributed by atoms with Crippen molar-refractivity contribution in [2.75, 3.05) is 0 Å². The van der Waals surface area contributed by atoms with Crippen molar-refractivity contribution in [3.8, 4) is 0 Å². The summed E-state index contributed by atoms with van der Waals surface area (Å²) in [7, 11) is -6.00. The van der Waals surface area contributed by atoms with E-state index in [2.05, 4.69) is 46.5 Å². The van der Waals surface area contributed by atoms with Gasteiger partial charge in [-0.2, -0.15) is 0 Å². The van der Waals surface area contributed by atoms with E-state index >= 15 is 0 Å². The topological polar surface area (TPSA) is 38.5 Å². The number of rotatable bonds is 3. The lowest BCUT2D eigenvalue weighted by Crippen LogP contribution is -2.43. The number of hydrogen-bond donors (Lipinski definition) is 0. The zero-order chi connectivity index (χ0) is 23.6. The maximum atomic E-state index is 11.7. The van der Waals surface area contributed by atoms with Crippen molar-refractivity contribution in [2.45, 2.75) is 46.4 Å². The largest absolute Gasteiger partial charge is 0.673 e. The van der Waals surface area contributed by atoms with Gasteiger partial charge in [-0.05, 0) is 38.1 Å². The summed E-state index contributed by atoms with van der Waals surface area (Å²) in [5, 5.41) is 0. The third kappa shape index (κ3) is 6.32. The molecule has 1 aliphatic rings. The van der Waals surface area contributed by atoms with Crippen LogP contribution in [0.3, 0.4) is 0 Å². The Bertz CT molecular complexity index is 969. The van der Waals surface area contributed by atoms with Gasteiger partial charge in [0.25, 0.3) is 0 Å². The SMILES string of the molecule is CC(=O)OC1(C)OC(c2ccccc2)=[N+](c2c(C)cc(Br)cc2C)C1C.F[B-](F)(F)F. The number of ether oxygens (including phenoxy) is 2. The van der Waals surface area contributed by atoms with Crippen molar-refractivity contribution in [2.24, 2.45) is 0 Å². The molecule has 3 rings (SSSR count). The minimum absolute atomic E-state index is 0.194. The van der Waals surface area contributed by atoms with Crippen molar-refractivity contribution < 1.29 is 36.1 Å². The second kappa shape index (κ2) is 9.42. The van der Waals surface area contributed by atoms with Crippen molar-refractivity contribution in [1.29, 1.82) is 0 Å². The van der Waals surface area contributed by atoms with Crippen LogP contribution in [0.25, 0.3) is 0 Å². The van der Waals surface area contributed by atoms with E-state index in [0.29, 0.717) is 5.90 Å². The van der Waals surface area contributed by atoms with E-state index in [0.717, 1.165) is 26.9 Å². The van der Waals surface area contributed by atoms with Gasteiger partial charge in [-0.25, -0.2) is 0 Å². The second-order valence-electron chi connectivity index (χ2n) is 7.31. The summed E-state index contributed by atoms with van der Waals surface area (Å²) in [6.07, 6.45) is 0. The normalized spacial score (nSPS) is 20.6. The Labute approximate surface area is 187 Å². The lowest BCUT2D eigenvalue weighted by molar-refractivity contribution is -0.491. The van der Waals surface area contributed by atoms with Gasteiger partial charge in [0.1, 0.15) is 0 Å². The van der Waals surface area contributed by atoms with Crippen LogP contribution in [0, 0.1) is 13.8 Å². The number of esters is 1. The first-order chi connectivity index (χ1) is 14.2. The molecule has 2 aromatic carbocycles. The summed E-state index contributed by atoms with van der Waals surface area (Å²) in [5.41, 5.74) is 4.24. The van der Waals surface area contributed by atoms with Gasteiger partial charge in [0.05, 0.1) is 5.56 Å². The Morgan fingerprint density at radius 3 is 2.06 bits per heavy atom. The fourth-order valence-corrected chi connectivity index (χ4v) is 4.17. The summed E-state index contributed by atoms with van der Waals surface area (Å²) in [6.45, 7) is 9.38. The molecule has 0 fully saturated rings. The zero-order valence-electron chi connectivity index (χ0n) is 17.8. The second-order valence-corrected chi connectivity index (χ2v) is 8.23. The Hall–Kier alpha value is -2.36. The van der Waals surface area contributed by atoms with E-state index in [4.69, 9.17) is 9.47 Å². The van der Waals surface area contributed by atoms with Gasteiger partial charge in [0, 0.05) is 36.4 Å². The Morgan fingerprint density at radius 1 is 1.13 bits per heavy atom. The first kappa shape index (κ1) is 24.9. The van der Waals surface area contributed by atoms with Gasteiger partial charge < -0.3 is 26.7 Å². The molecule has 2 aromatic rings. The predicted molar refractivity (Wildman–Crippen MR) is 115 cm³/mol. The van der Waals surface area contributed by atoms with Gasteiger partial charge in [0.2, 0.25) is 11.7 Å². The van der Waals surface area contributed by atoms with E-state index < -0.39 is 13.0 Å². The van der Waals surface area contributed by atoms with Crippen LogP contribution in [0.4, 0.5) is 23.0 Å². The molecule has 31 heavy (non-hydrogen) atoms. The molecule has 4 nitrogen and oxygen atoms in total. The van der Waals surface area contributed by atoms with Crippen LogP contribution >= 0.6 is 15.9 Å². The smallest absolute Gasteiger partial charge is 0.418 e. The molecule has 2 unspecified atom stereocenters. The molecule has 1 heterocycles. The molecule has 0 spiro atoms. The van der Waals surface area contributed by atoms with E-state index in [1.54, 1.807) is 0 Å². The highest BCUT2D eigenvalue weighted by atomic mass is 79.9. The maximum Gasteiger partial charge on any atom is 0.673 e. The quantitative estimate of drug-likeness (QED) is 0.218. The maximum absolute atomic E-state index is 11.7. The number of halogens is 5. The molecular formula is C21H23BBrF4NO3. The van der Waals surface area contributed by atoms with Gasteiger partial charge in [-0.3, -0.25) is 4.79 Å². The number of benzene rings is 2. The van der Waals surface area contributed by atoms with Crippen molar-refractivity contribution in [3.05, 3.63) is 63.6 Å². The highest BCUT2D eigenvalue weighted by Crippen LogP contribution is 2.37. The van der Waals surface area contributed by atoms with Gasteiger partial charge in [-0.1, -0.05) is 34.1 Å². The molecule has 0 aromatic heterocycles. The van der Waals surface area contributed by atoms with Gasteiger partial charge in [0.15, 0.2) is 0 Å². The molecule has 0 aliphatic carbocycles. The van der Waals surface area contributed by atoms with E-state index in [-0.39, 0.29) is 12.0 Å². The van der Waals surface area contributed by atoms with Crippen LogP contribution in [-0.2, 0) is 14.3 Å². The van der Waals surface area contributed by atoms with E-state index in [1.807, 2.05) is 44.2 Å². The first-order valence-electron chi connectivity index (χ1n) is 9.47. The van der Waals surface area contributed by atoms with Crippen LogP contribution in [0.5, 0.6) is 0 Å². The number of aryl methyl sites for hydroxylation is 2. The zero-order valence-corrected chi connectivity index (χ0v) is 19.3. The van der Waals surface area contributed by atoms with Crippen LogP contribution in [0.2, 0.25) is 0 Å². The molecule has 0 bridgehead atoms. The van der Waals surface area contributed by atoms with Crippen molar-refractivity contribution in [3.63, 3.8) is 0 Å². The Balaban J connectivity index is 0.000000614. The molecule has 0 saturated heterocycles. The summed E-state index contributed by atoms with van der Waals surface area (Å²) in [5.74, 6) is -0.739. The molecule has 0 radical (unpaired) electrons. The highest BCUT2D eigenvalue weighted by molar-refractivity contribution is 9.10. The molecule has 10 heteroatoms. The van der Waals surface area contributed by atoms with Crippen LogP contribution in [0.1, 0.15) is 37.5 Å². The monoisotopic (exact) mass is 503 g/mol. The van der Waals surface area contributed by atoms with Crippen LogP contribution in [-0.4, -0.2) is 35.5 Å². The third-order valence-electron chi connectivity index (χ3n) is 4.73. The summed E-state index contributed by atoms with van der Waals surface area (Å²) < 4.78 is 54.0. The van der Waals surface area contributed by atoms with Gasteiger partial charge in [-0.15, -0.1) is 4.58 Å². The van der Waals surface area contributed by atoms with E-state index in [1.165, 1.54) is 6.92 Å². The molecule has 0 amide bonds. The molecule has 168 valence electrons. The van der Waals surface area contributed by atoms with E-state index in [9.17, 15) is 22.1 Å². The molecule has 0 saturated carbocycles. The summed E-state index contributed by atoms with van der Waals surface area (Å²) >= 11 is 3.56. The molecule has 2 atom stereocenters. The minimum atomic E-state index is -6.00. The van der Waals surface area contributed by atoms with Crippen LogP contribution < -0.4 is 0 Å². The Kier molecular flexibility index (Phi) is 7.57. The predicted octanol–water partition coefficient (Wildman–Crippen LogP) is 6.15. The average Bonchev–Trinajstić information content (AvgIpc) is 2.85. The Morgan fingerprint density at radius 2 is 1.61 bits per heavy atom. The lowest BCUT2D eigenvalue weighted by Gasteiger charge is -2.24. The number of carbonyl (C=O) groups is 1. The number of hydrogen-bond acceptors (Lipinski definition) is 3. The minimum Gasteiger partial charge on any atom is -0.418 e. The fourth-order valence-electron chi connectivity index (χ4n) is 3.49.